The minimum absolute atomic E-state index is 0.396. The monoisotopic (exact) mass is 448 g/mol. The average molecular weight is 449 g/mol. The first kappa shape index (κ1) is 23.5. The van der Waals surface area contributed by atoms with Crippen molar-refractivity contribution in [2.45, 2.75) is 26.4 Å². The summed E-state index contributed by atoms with van der Waals surface area (Å²) >= 11 is 3.28. The number of amides is 1. The number of hydrogen-bond acceptors (Lipinski definition) is 8. The van der Waals surface area contributed by atoms with Gasteiger partial charge in [0.15, 0.2) is 0 Å². The largest absolute Gasteiger partial charge is 0.444 e. The lowest BCUT2D eigenvalue weighted by Gasteiger charge is -2.19. The summed E-state index contributed by atoms with van der Waals surface area (Å²) in [5, 5.41) is 5.68. The van der Waals surface area contributed by atoms with Crippen molar-refractivity contribution in [2.24, 2.45) is 0 Å². The Morgan fingerprint density at radius 3 is 2.04 bits per heavy atom. The van der Waals surface area contributed by atoms with Crippen molar-refractivity contribution >= 4 is 28.0 Å². The molecule has 0 aliphatic rings. The van der Waals surface area contributed by atoms with Crippen LogP contribution in [-0.2, 0) is 18.9 Å². The first-order valence-corrected chi connectivity index (χ1v) is 9.57. The van der Waals surface area contributed by atoms with Crippen molar-refractivity contribution in [3.8, 4) is 0 Å². The van der Waals surface area contributed by atoms with Crippen molar-refractivity contribution in [3.05, 3.63) is 16.9 Å². The molecule has 0 saturated carbocycles. The fourth-order valence-corrected chi connectivity index (χ4v) is 1.92. The fourth-order valence-electron chi connectivity index (χ4n) is 1.72. The second-order valence-electron chi connectivity index (χ2n) is 6.42. The molecule has 0 radical (unpaired) electrons. The molecule has 154 valence electrons. The van der Waals surface area contributed by atoms with Crippen molar-refractivity contribution in [2.75, 3.05) is 58.0 Å². The Morgan fingerprint density at radius 1 is 0.963 bits per heavy atom. The highest BCUT2D eigenvalue weighted by molar-refractivity contribution is 9.10. The van der Waals surface area contributed by atoms with E-state index in [1.807, 2.05) is 20.8 Å². The number of hydrogen-bond donors (Lipinski definition) is 2. The molecule has 10 heteroatoms. The Balaban J connectivity index is 1.81. The lowest BCUT2D eigenvalue weighted by atomic mass is 10.2. The molecule has 0 aliphatic heterocycles. The molecule has 0 atom stereocenters. The minimum atomic E-state index is -0.496. The zero-order chi connectivity index (χ0) is 20.0. The van der Waals surface area contributed by atoms with E-state index in [0.717, 1.165) is 4.47 Å². The van der Waals surface area contributed by atoms with Crippen molar-refractivity contribution in [1.82, 2.24) is 15.3 Å². The SMILES string of the molecule is CC(C)(C)OC(=O)NCCOCCOCCOCCNc1ncc(Br)cn1. The number of ether oxygens (including phenoxy) is 4. The maximum atomic E-state index is 11.4. The van der Waals surface area contributed by atoms with Gasteiger partial charge in [0.25, 0.3) is 0 Å². The molecule has 0 bridgehead atoms. The number of anilines is 1. The normalized spacial score (nSPS) is 11.3. The van der Waals surface area contributed by atoms with Gasteiger partial charge in [-0.05, 0) is 36.7 Å². The Hall–Kier alpha value is -1.49. The lowest BCUT2D eigenvalue weighted by molar-refractivity contribution is 0.0157. The van der Waals surface area contributed by atoms with Crippen LogP contribution in [-0.4, -0.2) is 74.4 Å². The van der Waals surface area contributed by atoms with Gasteiger partial charge in [-0.3, -0.25) is 0 Å². The summed E-state index contributed by atoms with van der Waals surface area (Å²) in [4.78, 5) is 19.6. The van der Waals surface area contributed by atoms with Gasteiger partial charge in [0.05, 0.1) is 44.1 Å². The van der Waals surface area contributed by atoms with Gasteiger partial charge in [-0.25, -0.2) is 14.8 Å². The lowest BCUT2D eigenvalue weighted by Crippen LogP contribution is -2.34. The summed E-state index contributed by atoms with van der Waals surface area (Å²) in [5.74, 6) is 0.566. The van der Waals surface area contributed by atoms with E-state index in [1.165, 1.54) is 0 Å². The van der Waals surface area contributed by atoms with Gasteiger partial charge in [0, 0.05) is 25.5 Å². The number of alkyl carbamates (subject to hydrolysis) is 1. The highest BCUT2D eigenvalue weighted by Crippen LogP contribution is 2.06. The van der Waals surface area contributed by atoms with Crippen LogP contribution < -0.4 is 10.6 Å². The molecule has 0 aliphatic carbocycles. The fraction of sp³-hybridized carbons (Fsp3) is 0.706. The van der Waals surface area contributed by atoms with E-state index in [9.17, 15) is 4.79 Å². The van der Waals surface area contributed by atoms with E-state index in [-0.39, 0.29) is 0 Å². The van der Waals surface area contributed by atoms with Gasteiger partial charge in [0.2, 0.25) is 5.95 Å². The minimum Gasteiger partial charge on any atom is -0.444 e. The quantitative estimate of drug-likeness (QED) is 0.442. The number of nitrogens with zero attached hydrogens (tertiary/aromatic N) is 2. The molecular formula is C17H29BrN4O5. The van der Waals surface area contributed by atoms with Crippen molar-refractivity contribution in [3.63, 3.8) is 0 Å². The zero-order valence-electron chi connectivity index (χ0n) is 16.1. The van der Waals surface area contributed by atoms with Crippen LogP contribution in [0.4, 0.5) is 10.7 Å². The average Bonchev–Trinajstić information content (AvgIpc) is 2.59. The molecule has 1 aromatic rings. The van der Waals surface area contributed by atoms with Gasteiger partial charge in [-0.15, -0.1) is 0 Å². The first-order chi connectivity index (χ1) is 12.9. The molecule has 27 heavy (non-hydrogen) atoms. The third-order valence-electron chi connectivity index (χ3n) is 2.81. The van der Waals surface area contributed by atoms with E-state index in [0.29, 0.717) is 58.7 Å². The van der Waals surface area contributed by atoms with E-state index in [4.69, 9.17) is 18.9 Å². The summed E-state index contributed by atoms with van der Waals surface area (Å²) in [7, 11) is 0. The van der Waals surface area contributed by atoms with E-state index < -0.39 is 11.7 Å². The highest BCUT2D eigenvalue weighted by Gasteiger charge is 2.15. The van der Waals surface area contributed by atoms with E-state index >= 15 is 0 Å². The van der Waals surface area contributed by atoms with Crippen LogP contribution in [0, 0.1) is 0 Å². The predicted octanol–water partition coefficient (Wildman–Crippen LogP) is 2.23. The van der Waals surface area contributed by atoms with Crippen LogP contribution in [0.3, 0.4) is 0 Å². The Kier molecular flexibility index (Phi) is 11.9. The number of carbonyl (C=O) groups is 1. The topological polar surface area (TPSA) is 104 Å². The molecule has 0 aromatic carbocycles. The molecule has 2 N–H and O–H groups in total. The summed E-state index contributed by atoms with van der Waals surface area (Å²) in [6, 6.07) is 0. The number of aromatic nitrogens is 2. The van der Waals surface area contributed by atoms with Gasteiger partial charge in [-0.2, -0.15) is 0 Å². The number of carbonyl (C=O) groups excluding carboxylic acids is 1. The highest BCUT2D eigenvalue weighted by atomic mass is 79.9. The molecule has 0 fully saturated rings. The van der Waals surface area contributed by atoms with Gasteiger partial charge in [0.1, 0.15) is 5.60 Å². The maximum Gasteiger partial charge on any atom is 0.407 e. The second-order valence-corrected chi connectivity index (χ2v) is 7.33. The Morgan fingerprint density at radius 2 is 1.48 bits per heavy atom. The molecule has 9 nitrogen and oxygen atoms in total. The molecule has 0 spiro atoms. The second kappa shape index (κ2) is 13.6. The Bertz CT molecular complexity index is 525. The van der Waals surface area contributed by atoms with Crippen molar-refractivity contribution < 1.29 is 23.7 Å². The van der Waals surface area contributed by atoms with E-state index in [1.54, 1.807) is 12.4 Å². The molecule has 1 rings (SSSR count). The van der Waals surface area contributed by atoms with Crippen LogP contribution in [0.25, 0.3) is 0 Å². The van der Waals surface area contributed by atoms with Gasteiger partial charge >= 0.3 is 6.09 Å². The summed E-state index contributed by atoms with van der Waals surface area (Å²) < 4.78 is 22.1. The van der Waals surface area contributed by atoms with Crippen LogP contribution in [0.5, 0.6) is 0 Å². The van der Waals surface area contributed by atoms with Crippen LogP contribution in [0.2, 0.25) is 0 Å². The number of halogens is 1. The van der Waals surface area contributed by atoms with E-state index in [2.05, 4.69) is 36.5 Å². The Labute approximate surface area is 168 Å². The van der Waals surface area contributed by atoms with Gasteiger partial charge in [-0.1, -0.05) is 0 Å². The molecule has 1 aromatic heterocycles. The van der Waals surface area contributed by atoms with Crippen LogP contribution in [0.15, 0.2) is 16.9 Å². The predicted molar refractivity (Wildman–Crippen MR) is 105 cm³/mol. The summed E-state index contributed by atoms with van der Waals surface area (Å²) in [6.07, 6.45) is 2.92. The molecular weight excluding hydrogens is 420 g/mol. The molecule has 0 unspecified atom stereocenters. The summed E-state index contributed by atoms with van der Waals surface area (Å²) in [6.45, 7) is 9.34. The van der Waals surface area contributed by atoms with Crippen LogP contribution in [0.1, 0.15) is 20.8 Å². The molecule has 1 heterocycles. The van der Waals surface area contributed by atoms with Crippen molar-refractivity contribution in [1.29, 1.82) is 0 Å². The summed E-state index contributed by atoms with van der Waals surface area (Å²) in [5.41, 5.74) is -0.496. The third-order valence-corrected chi connectivity index (χ3v) is 3.22. The third kappa shape index (κ3) is 14.3. The number of nitrogens with one attached hydrogen (secondary N) is 2. The van der Waals surface area contributed by atoms with Gasteiger partial charge < -0.3 is 29.6 Å². The number of rotatable bonds is 13. The first-order valence-electron chi connectivity index (χ1n) is 8.78. The smallest absolute Gasteiger partial charge is 0.407 e. The molecule has 1 amide bonds. The standard InChI is InChI=1S/C17H29BrN4O5/c1-17(2,3)27-16(23)20-5-7-25-9-11-26-10-8-24-6-4-19-15-21-12-14(18)13-22-15/h12-13H,4-11H2,1-3H3,(H,20,23)(H,19,21,22). The van der Waals surface area contributed by atoms with Crippen LogP contribution >= 0.6 is 15.9 Å². The zero-order valence-corrected chi connectivity index (χ0v) is 17.7. The molecule has 0 saturated heterocycles. The maximum absolute atomic E-state index is 11.4.